The summed E-state index contributed by atoms with van der Waals surface area (Å²) in [6, 6.07) is 9.65. The highest BCUT2D eigenvalue weighted by Gasteiger charge is 2.49. The fraction of sp³-hybridized carbons (Fsp3) is 0.481. The van der Waals surface area contributed by atoms with Crippen LogP contribution < -0.4 is 14.2 Å². The van der Waals surface area contributed by atoms with Crippen molar-refractivity contribution >= 4 is 11.8 Å². The summed E-state index contributed by atoms with van der Waals surface area (Å²) in [5.41, 5.74) is 3.02. The molecule has 1 saturated carbocycles. The molecule has 34 heavy (non-hydrogen) atoms. The van der Waals surface area contributed by atoms with Crippen molar-refractivity contribution in [1.82, 2.24) is 0 Å². The number of ketones is 1. The van der Waals surface area contributed by atoms with Gasteiger partial charge in [0.15, 0.2) is 17.3 Å². The van der Waals surface area contributed by atoms with Crippen LogP contribution in [-0.4, -0.2) is 51.4 Å². The van der Waals surface area contributed by atoms with Crippen LogP contribution in [-0.2, 0) is 20.7 Å². The Balaban J connectivity index is 1.40. The van der Waals surface area contributed by atoms with Crippen molar-refractivity contribution in [2.45, 2.75) is 44.1 Å². The van der Waals surface area contributed by atoms with Crippen LogP contribution in [0.4, 0.5) is 0 Å². The van der Waals surface area contributed by atoms with Gasteiger partial charge in [-0.2, -0.15) is 0 Å². The average molecular weight is 467 g/mol. The van der Waals surface area contributed by atoms with E-state index < -0.39 is 5.60 Å². The Bertz CT molecular complexity index is 1100. The predicted molar refractivity (Wildman–Crippen MR) is 125 cm³/mol. The minimum absolute atomic E-state index is 0.109. The van der Waals surface area contributed by atoms with Crippen molar-refractivity contribution in [2.75, 3.05) is 34.0 Å². The van der Waals surface area contributed by atoms with Crippen LogP contribution in [0.1, 0.15) is 48.0 Å². The van der Waals surface area contributed by atoms with Crippen LogP contribution in [0.15, 0.2) is 30.3 Å². The topological polar surface area (TPSA) is 80.3 Å². The van der Waals surface area contributed by atoms with E-state index in [0.717, 1.165) is 41.5 Å². The minimum Gasteiger partial charge on any atom is -0.493 e. The molecule has 2 fully saturated rings. The molecule has 3 aliphatic rings. The van der Waals surface area contributed by atoms with Crippen LogP contribution in [0, 0.1) is 5.92 Å². The van der Waals surface area contributed by atoms with Crippen LogP contribution in [0.2, 0.25) is 0 Å². The number of carbonyl (C=O) groups excluding carboxylic acids is 2. The SMILES string of the molecule is COc1ccc(-c2ccc3c(c2)CCC3=O)c(OCC2(OC(=O)C3CCOCC3)CC2)c1OC. The quantitative estimate of drug-likeness (QED) is 0.534. The first-order valence-electron chi connectivity index (χ1n) is 11.9. The second-order valence-corrected chi connectivity index (χ2v) is 9.25. The van der Waals surface area contributed by atoms with Gasteiger partial charge in [0.25, 0.3) is 0 Å². The number of fused-ring (bicyclic) bond motifs is 1. The molecule has 0 bridgehead atoms. The van der Waals surface area contributed by atoms with Gasteiger partial charge in [0.05, 0.1) is 20.1 Å². The molecule has 0 N–H and O–H groups in total. The summed E-state index contributed by atoms with van der Waals surface area (Å²) in [6.07, 6.45) is 4.23. The molecule has 5 rings (SSSR count). The van der Waals surface area contributed by atoms with E-state index in [9.17, 15) is 9.59 Å². The molecule has 1 saturated heterocycles. The second kappa shape index (κ2) is 9.29. The van der Waals surface area contributed by atoms with Crippen LogP contribution in [0.25, 0.3) is 11.1 Å². The Hall–Kier alpha value is -3.06. The zero-order chi connectivity index (χ0) is 23.7. The molecule has 0 unspecified atom stereocenters. The van der Waals surface area contributed by atoms with Gasteiger partial charge in [0.2, 0.25) is 5.75 Å². The van der Waals surface area contributed by atoms with E-state index in [1.54, 1.807) is 14.2 Å². The zero-order valence-corrected chi connectivity index (χ0v) is 19.7. The Morgan fingerprint density at radius 2 is 1.76 bits per heavy atom. The average Bonchev–Trinajstić information content (AvgIpc) is 3.54. The van der Waals surface area contributed by atoms with E-state index in [2.05, 4.69) is 0 Å². The van der Waals surface area contributed by atoms with Crippen LogP contribution in [0.5, 0.6) is 17.2 Å². The van der Waals surface area contributed by atoms with Gasteiger partial charge in [0, 0.05) is 30.8 Å². The second-order valence-electron chi connectivity index (χ2n) is 9.25. The summed E-state index contributed by atoms with van der Waals surface area (Å²) in [4.78, 5) is 24.8. The first-order chi connectivity index (χ1) is 16.5. The zero-order valence-electron chi connectivity index (χ0n) is 19.7. The number of benzene rings is 2. The largest absolute Gasteiger partial charge is 0.493 e. The summed E-state index contributed by atoms with van der Waals surface area (Å²) in [5, 5.41) is 0. The summed E-state index contributed by atoms with van der Waals surface area (Å²) in [7, 11) is 3.16. The molecule has 0 spiro atoms. The maximum atomic E-state index is 12.7. The van der Waals surface area contributed by atoms with Gasteiger partial charge in [0.1, 0.15) is 12.2 Å². The van der Waals surface area contributed by atoms with Crippen molar-refractivity contribution < 1.29 is 33.3 Å². The smallest absolute Gasteiger partial charge is 0.309 e. The molecule has 1 aliphatic heterocycles. The number of hydrogen-bond acceptors (Lipinski definition) is 7. The third kappa shape index (κ3) is 4.37. The third-order valence-corrected chi connectivity index (χ3v) is 7.00. The lowest BCUT2D eigenvalue weighted by molar-refractivity contribution is -0.161. The number of Topliss-reactive ketones (excluding diaryl/α,β-unsaturated/α-hetero) is 1. The van der Waals surface area contributed by atoms with E-state index in [4.69, 9.17) is 23.7 Å². The molecule has 2 aromatic carbocycles. The van der Waals surface area contributed by atoms with Crippen molar-refractivity contribution in [3.8, 4) is 28.4 Å². The molecular weight excluding hydrogens is 436 g/mol. The molecule has 7 nitrogen and oxygen atoms in total. The first-order valence-corrected chi connectivity index (χ1v) is 11.9. The number of carbonyl (C=O) groups is 2. The van der Waals surface area contributed by atoms with Gasteiger partial charge < -0.3 is 23.7 Å². The van der Waals surface area contributed by atoms with Gasteiger partial charge in [-0.3, -0.25) is 9.59 Å². The number of ether oxygens (including phenoxy) is 5. The summed E-state index contributed by atoms with van der Waals surface area (Å²) < 4.78 is 28.8. The number of hydrogen-bond donors (Lipinski definition) is 0. The molecule has 0 amide bonds. The molecule has 7 heteroatoms. The minimum atomic E-state index is -0.606. The monoisotopic (exact) mass is 466 g/mol. The third-order valence-electron chi connectivity index (χ3n) is 7.00. The molecule has 0 atom stereocenters. The fourth-order valence-corrected chi connectivity index (χ4v) is 4.74. The highest BCUT2D eigenvalue weighted by molar-refractivity contribution is 6.01. The summed E-state index contributed by atoms with van der Waals surface area (Å²) in [6.45, 7) is 1.43. The van der Waals surface area contributed by atoms with E-state index >= 15 is 0 Å². The van der Waals surface area contributed by atoms with E-state index in [1.165, 1.54) is 0 Å². The molecule has 180 valence electrons. The normalized spacial score (nSPS) is 18.8. The fourth-order valence-electron chi connectivity index (χ4n) is 4.74. The summed E-state index contributed by atoms with van der Waals surface area (Å²) in [5.74, 6) is 1.50. The Morgan fingerprint density at radius 1 is 1.00 bits per heavy atom. The maximum absolute atomic E-state index is 12.7. The molecule has 2 aliphatic carbocycles. The van der Waals surface area contributed by atoms with Gasteiger partial charge in [-0.05, 0) is 55.4 Å². The van der Waals surface area contributed by atoms with Gasteiger partial charge >= 0.3 is 5.97 Å². The lowest BCUT2D eigenvalue weighted by Gasteiger charge is -2.25. The molecule has 0 radical (unpaired) electrons. The molecular formula is C27H30O7. The van der Waals surface area contributed by atoms with E-state index in [0.29, 0.717) is 49.7 Å². The van der Waals surface area contributed by atoms with Crippen molar-refractivity contribution in [3.63, 3.8) is 0 Å². The Kier molecular flexibility index (Phi) is 6.21. The first kappa shape index (κ1) is 22.7. The van der Waals surface area contributed by atoms with Crippen molar-refractivity contribution in [1.29, 1.82) is 0 Å². The van der Waals surface area contributed by atoms with Crippen molar-refractivity contribution in [3.05, 3.63) is 41.5 Å². The number of aryl methyl sites for hydroxylation is 1. The lowest BCUT2D eigenvalue weighted by Crippen LogP contribution is -2.33. The highest BCUT2D eigenvalue weighted by Crippen LogP contribution is 2.47. The van der Waals surface area contributed by atoms with Crippen LogP contribution in [0.3, 0.4) is 0 Å². The highest BCUT2D eigenvalue weighted by atomic mass is 16.6. The molecule has 1 heterocycles. The number of methoxy groups -OCH3 is 2. The maximum Gasteiger partial charge on any atom is 0.309 e. The lowest BCUT2D eigenvalue weighted by atomic mass is 9.99. The van der Waals surface area contributed by atoms with Gasteiger partial charge in [-0.1, -0.05) is 18.2 Å². The molecule has 0 aromatic heterocycles. The Morgan fingerprint density at radius 3 is 2.47 bits per heavy atom. The van der Waals surface area contributed by atoms with Gasteiger partial charge in [-0.15, -0.1) is 0 Å². The van der Waals surface area contributed by atoms with E-state index in [-0.39, 0.29) is 24.3 Å². The summed E-state index contributed by atoms with van der Waals surface area (Å²) >= 11 is 0. The number of esters is 1. The van der Waals surface area contributed by atoms with Crippen molar-refractivity contribution in [2.24, 2.45) is 5.92 Å². The number of rotatable bonds is 8. The molecule has 2 aromatic rings. The van der Waals surface area contributed by atoms with Crippen LogP contribution >= 0.6 is 0 Å². The Labute approximate surface area is 199 Å². The predicted octanol–water partition coefficient (Wildman–Crippen LogP) is 4.38. The standard InChI is InChI=1S/C27H30O7/c1-30-23-8-6-21(19-3-5-20-18(15-19)4-7-22(20)28)24(25(23)31-2)33-16-27(11-12-27)34-26(29)17-9-13-32-14-10-17/h3,5-6,8,15,17H,4,7,9-14,16H2,1-2H3. The van der Waals surface area contributed by atoms with E-state index in [1.807, 2.05) is 30.3 Å². The van der Waals surface area contributed by atoms with Gasteiger partial charge in [-0.25, -0.2) is 0 Å².